The fraction of sp³-hybridized carbons (Fsp3) is 0.524. The molecule has 2 fully saturated rings. The molecule has 2 unspecified atom stereocenters. The van der Waals surface area contributed by atoms with Crippen LogP contribution in [-0.4, -0.2) is 78.5 Å². The van der Waals surface area contributed by atoms with E-state index in [9.17, 15) is 13.5 Å². The van der Waals surface area contributed by atoms with Crippen LogP contribution < -0.4 is 0 Å². The quantitative estimate of drug-likeness (QED) is 0.821. The van der Waals surface area contributed by atoms with Crippen LogP contribution in [0.25, 0.3) is 10.8 Å². The van der Waals surface area contributed by atoms with E-state index in [1.807, 2.05) is 44.2 Å². The van der Waals surface area contributed by atoms with Crippen molar-refractivity contribution in [1.29, 1.82) is 0 Å². The molecular weight excluding hydrogens is 390 g/mol. The normalized spacial score (nSPS) is 25.4. The summed E-state index contributed by atoms with van der Waals surface area (Å²) in [5, 5.41) is 12.5. The minimum absolute atomic E-state index is 0.0934. The minimum Gasteiger partial charge on any atom is -0.508 e. The number of phenolic OH excluding ortho intramolecular Hbond substituents is 1. The molecule has 0 radical (unpaired) electrons. The van der Waals surface area contributed by atoms with Gasteiger partial charge >= 0.3 is 0 Å². The predicted molar refractivity (Wildman–Crippen MR) is 113 cm³/mol. The molecule has 7 nitrogen and oxygen atoms in total. The van der Waals surface area contributed by atoms with Crippen molar-refractivity contribution >= 4 is 21.0 Å². The van der Waals surface area contributed by atoms with Crippen LogP contribution in [0.2, 0.25) is 0 Å². The molecule has 2 aromatic rings. The van der Waals surface area contributed by atoms with Crippen LogP contribution >= 0.6 is 0 Å². The molecule has 1 N–H and O–H groups in total. The Morgan fingerprint density at radius 3 is 2.31 bits per heavy atom. The van der Waals surface area contributed by atoms with E-state index in [0.29, 0.717) is 45.8 Å². The standard InChI is InChI=1S/C21H29N3O4S/c1-16-13-24(14-17(2)28-16)29(26,27)23-11-9-22(10-12-23)15-20-19-6-4-3-5-18(19)7-8-21(20)25/h3-8,16-17,25H,9-15H2,1-2H3. The third-order valence-electron chi connectivity index (χ3n) is 5.77. The zero-order valence-corrected chi connectivity index (χ0v) is 17.8. The molecule has 8 heteroatoms. The smallest absolute Gasteiger partial charge is 0.282 e. The number of hydrogen-bond donors (Lipinski definition) is 1. The highest BCUT2D eigenvalue weighted by Gasteiger charge is 2.36. The number of morpholine rings is 1. The van der Waals surface area contributed by atoms with Crippen LogP contribution in [0.15, 0.2) is 36.4 Å². The first-order valence-corrected chi connectivity index (χ1v) is 11.6. The maximum atomic E-state index is 13.1. The zero-order valence-electron chi connectivity index (χ0n) is 17.0. The summed E-state index contributed by atoms with van der Waals surface area (Å²) in [6.07, 6.45) is -0.187. The number of rotatable bonds is 4. The van der Waals surface area contributed by atoms with E-state index in [-0.39, 0.29) is 18.0 Å². The lowest BCUT2D eigenvalue weighted by Gasteiger charge is -2.40. The lowest BCUT2D eigenvalue weighted by atomic mass is 10.0. The minimum atomic E-state index is -3.48. The van der Waals surface area contributed by atoms with E-state index in [1.54, 1.807) is 14.7 Å². The van der Waals surface area contributed by atoms with Gasteiger partial charge in [0, 0.05) is 51.4 Å². The van der Waals surface area contributed by atoms with Gasteiger partial charge in [0.15, 0.2) is 0 Å². The summed E-state index contributed by atoms with van der Waals surface area (Å²) in [5.41, 5.74) is 0.898. The molecule has 2 saturated heterocycles. The first-order chi connectivity index (χ1) is 13.8. The monoisotopic (exact) mass is 419 g/mol. The van der Waals surface area contributed by atoms with Gasteiger partial charge in [-0.25, -0.2) is 0 Å². The summed E-state index contributed by atoms with van der Waals surface area (Å²) >= 11 is 0. The highest BCUT2D eigenvalue weighted by atomic mass is 32.2. The first kappa shape index (κ1) is 20.6. The largest absolute Gasteiger partial charge is 0.508 e. The lowest BCUT2D eigenvalue weighted by Crippen LogP contribution is -2.57. The molecular formula is C21H29N3O4S. The third-order valence-corrected chi connectivity index (χ3v) is 7.74. The molecule has 2 aliphatic heterocycles. The number of ether oxygens (including phenoxy) is 1. The van der Waals surface area contributed by atoms with Crippen LogP contribution in [0.1, 0.15) is 19.4 Å². The molecule has 2 aliphatic rings. The van der Waals surface area contributed by atoms with E-state index in [0.717, 1.165) is 16.3 Å². The molecule has 0 aliphatic carbocycles. The lowest BCUT2D eigenvalue weighted by molar-refractivity contribution is -0.0457. The summed E-state index contributed by atoms with van der Waals surface area (Å²) in [6.45, 7) is 7.40. The molecule has 2 atom stereocenters. The maximum Gasteiger partial charge on any atom is 0.282 e. The molecule has 0 amide bonds. The van der Waals surface area contributed by atoms with Gasteiger partial charge in [-0.2, -0.15) is 17.0 Å². The van der Waals surface area contributed by atoms with Crippen LogP contribution in [0.5, 0.6) is 5.75 Å². The molecule has 2 aromatic carbocycles. The SMILES string of the molecule is CC1CN(S(=O)(=O)N2CCN(Cc3c(O)ccc4ccccc34)CC2)CC(C)O1. The topological polar surface area (TPSA) is 73.3 Å². The molecule has 0 bridgehead atoms. The summed E-state index contributed by atoms with van der Waals surface area (Å²) in [7, 11) is -3.48. The van der Waals surface area contributed by atoms with E-state index >= 15 is 0 Å². The Hall–Kier alpha value is -1.71. The Labute approximate surface area is 172 Å². The Morgan fingerprint density at radius 2 is 1.62 bits per heavy atom. The van der Waals surface area contributed by atoms with Crippen molar-refractivity contribution in [1.82, 2.24) is 13.5 Å². The molecule has 4 rings (SSSR count). The first-order valence-electron chi connectivity index (χ1n) is 10.2. The summed E-state index contributed by atoms with van der Waals surface area (Å²) < 4.78 is 34.9. The van der Waals surface area contributed by atoms with Gasteiger partial charge in [-0.05, 0) is 30.7 Å². The Morgan fingerprint density at radius 1 is 0.966 bits per heavy atom. The second-order valence-corrected chi connectivity index (χ2v) is 9.97. The fourth-order valence-corrected chi connectivity index (χ4v) is 6.06. The van der Waals surface area contributed by atoms with Gasteiger partial charge < -0.3 is 9.84 Å². The molecule has 2 heterocycles. The van der Waals surface area contributed by atoms with Gasteiger partial charge in [0.1, 0.15) is 5.75 Å². The summed E-state index contributed by atoms with van der Waals surface area (Å²) in [5.74, 6) is 0.287. The zero-order chi connectivity index (χ0) is 20.6. The van der Waals surface area contributed by atoms with Gasteiger partial charge in [-0.15, -0.1) is 0 Å². The Balaban J connectivity index is 1.43. The van der Waals surface area contributed by atoms with Gasteiger partial charge in [0.2, 0.25) is 0 Å². The number of piperazine rings is 1. The van der Waals surface area contributed by atoms with Crippen molar-refractivity contribution in [2.24, 2.45) is 0 Å². The Kier molecular flexibility index (Phi) is 5.81. The van der Waals surface area contributed by atoms with E-state index in [1.165, 1.54) is 0 Å². The Bertz CT molecular complexity index is 963. The molecule has 0 spiro atoms. The number of hydrogen-bond acceptors (Lipinski definition) is 5. The highest BCUT2D eigenvalue weighted by molar-refractivity contribution is 7.86. The van der Waals surface area contributed by atoms with Gasteiger partial charge in [0.25, 0.3) is 10.2 Å². The number of nitrogens with zero attached hydrogens (tertiary/aromatic N) is 3. The van der Waals surface area contributed by atoms with Crippen molar-refractivity contribution < 1.29 is 18.3 Å². The van der Waals surface area contributed by atoms with E-state index < -0.39 is 10.2 Å². The van der Waals surface area contributed by atoms with E-state index in [2.05, 4.69) is 4.90 Å². The molecule has 158 valence electrons. The second-order valence-electron chi connectivity index (χ2n) is 8.04. The van der Waals surface area contributed by atoms with Crippen LogP contribution in [0, 0.1) is 0 Å². The van der Waals surface area contributed by atoms with Gasteiger partial charge in [-0.3, -0.25) is 4.90 Å². The number of benzene rings is 2. The maximum absolute atomic E-state index is 13.1. The number of fused-ring (bicyclic) bond motifs is 1. The molecule has 29 heavy (non-hydrogen) atoms. The van der Waals surface area contributed by atoms with Crippen LogP contribution in [0.3, 0.4) is 0 Å². The van der Waals surface area contributed by atoms with Crippen molar-refractivity contribution in [2.75, 3.05) is 39.3 Å². The fourth-order valence-electron chi connectivity index (χ4n) is 4.31. The highest BCUT2D eigenvalue weighted by Crippen LogP contribution is 2.29. The molecule has 0 saturated carbocycles. The number of phenols is 1. The van der Waals surface area contributed by atoms with Crippen molar-refractivity contribution in [3.05, 3.63) is 42.0 Å². The second kappa shape index (κ2) is 8.20. The average Bonchev–Trinajstić information content (AvgIpc) is 2.70. The average molecular weight is 420 g/mol. The van der Waals surface area contributed by atoms with Gasteiger partial charge in [0.05, 0.1) is 12.2 Å². The molecule has 0 aromatic heterocycles. The van der Waals surface area contributed by atoms with Crippen LogP contribution in [-0.2, 0) is 21.5 Å². The van der Waals surface area contributed by atoms with Crippen molar-refractivity contribution in [3.63, 3.8) is 0 Å². The third kappa shape index (κ3) is 4.27. The van der Waals surface area contributed by atoms with E-state index in [4.69, 9.17) is 4.74 Å². The van der Waals surface area contributed by atoms with Gasteiger partial charge in [-0.1, -0.05) is 30.3 Å². The number of aromatic hydroxyl groups is 1. The summed E-state index contributed by atoms with van der Waals surface area (Å²) in [4.78, 5) is 2.21. The predicted octanol–water partition coefficient (Wildman–Crippen LogP) is 2.02. The van der Waals surface area contributed by atoms with Crippen molar-refractivity contribution in [2.45, 2.75) is 32.6 Å². The summed E-state index contributed by atoms with van der Waals surface area (Å²) in [6, 6.07) is 11.7. The van der Waals surface area contributed by atoms with Crippen molar-refractivity contribution in [3.8, 4) is 5.75 Å². The van der Waals surface area contributed by atoms with Crippen LogP contribution in [0.4, 0.5) is 0 Å².